The predicted octanol–water partition coefficient (Wildman–Crippen LogP) is 3.58. The van der Waals surface area contributed by atoms with Crippen LogP contribution in [0, 0.1) is 6.92 Å². The number of aliphatic imine (C=N–C) groups is 1. The number of nitrogens with zero attached hydrogens (tertiary/aromatic N) is 4. The third-order valence-electron chi connectivity index (χ3n) is 4.60. The van der Waals surface area contributed by atoms with Crippen LogP contribution in [0.4, 0.5) is 13.2 Å². The SMILES string of the molecule is Cc1nnc(CNC(=NCc2ccccc2)NCc2ccc(C(F)(F)F)cc2)n1C. The highest BCUT2D eigenvalue weighted by Gasteiger charge is 2.29. The fraction of sp³-hybridized carbons (Fsp3) is 0.286. The summed E-state index contributed by atoms with van der Waals surface area (Å²) in [6.07, 6.45) is -4.34. The van der Waals surface area contributed by atoms with Crippen molar-refractivity contribution >= 4 is 5.96 Å². The Kier molecular flexibility index (Phi) is 6.71. The first-order valence-electron chi connectivity index (χ1n) is 9.40. The molecule has 9 heteroatoms. The molecule has 158 valence electrons. The molecule has 3 rings (SSSR count). The number of halogens is 3. The van der Waals surface area contributed by atoms with E-state index in [4.69, 9.17) is 0 Å². The summed E-state index contributed by atoms with van der Waals surface area (Å²) in [5.41, 5.74) is 1.09. The maximum Gasteiger partial charge on any atom is 0.416 e. The zero-order chi connectivity index (χ0) is 21.6. The zero-order valence-corrected chi connectivity index (χ0v) is 16.7. The Morgan fingerprint density at radius 2 is 1.60 bits per heavy atom. The van der Waals surface area contributed by atoms with E-state index in [1.807, 2.05) is 48.9 Å². The maximum absolute atomic E-state index is 12.7. The van der Waals surface area contributed by atoms with Crippen molar-refractivity contribution in [3.05, 3.63) is 82.9 Å². The summed E-state index contributed by atoms with van der Waals surface area (Å²) < 4.78 is 40.1. The molecule has 0 aliphatic carbocycles. The smallest absolute Gasteiger partial charge is 0.352 e. The van der Waals surface area contributed by atoms with E-state index in [-0.39, 0.29) is 0 Å². The van der Waals surface area contributed by atoms with Crippen LogP contribution in [0.3, 0.4) is 0 Å². The lowest BCUT2D eigenvalue weighted by Crippen LogP contribution is -2.37. The van der Waals surface area contributed by atoms with Gasteiger partial charge < -0.3 is 15.2 Å². The van der Waals surface area contributed by atoms with Gasteiger partial charge in [0.15, 0.2) is 11.8 Å². The summed E-state index contributed by atoms with van der Waals surface area (Å²) in [6.45, 7) is 3.06. The van der Waals surface area contributed by atoms with Gasteiger partial charge in [-0.05, 0) is 30.2 Å². The van der Waals surface area contributed by atoms with Gasteiger partial charge in [0.2, 0.25) is 0 Å². The molecule has 2 N–H and O–H groups in total. The number of aromatic nitrogens is 3. The van der Waals surface area contributed by atoms with Gasteiger partial charge in [0.1, 0.15) is 5.82 Å². The van der Waals surface area contributed by atoms with E-state index in [2.05, 4.69) is 25.8 Å². The average Bonchev–Trinajstić information content (AvgIpc) is 3.06. The molecule has 1 heterocycles. The summed E-state index contributed by atoms with van der Waals surface area (Å²) in [6, 6.07) is 14.8. The minimum absolute atomic E-state index is 0.330. The van der Waals surface area contributed by atoms with Gasteiger partial charge in [0, 0.05) is 13.6 Å². The van der Waals surface area contributed by atoms with Crippen molar-refractivity contribution in [1.29, 1.82) is 0 Å². The average molecular weight is 416 g/mol. The molecule has 0 spiro atoms. The molecular weight excluding hydrogens is 393 g/mol. The number of rotatable bonds is 6. The molecule has 3 aromatic rings. The first-order valence-corrected chi connectivity index (χ1v) is 9.40. The first kappa shape index (κ1) is 21.4. The second kappa shape index (κ2) is 9.43. The van der Waals surface area contributed by atoms with E-state index in [1.165, 1.54) is 12.1 Å². The number of nitrogens with one attached hydrogen (secondary N) is 2. The van der Waals surface area contributed by atoms with Gasteiger partial charge >= 0.3 is 6.18 Å². The van der Waals surface area contributed by atoms with Crippen molar-refractivity contribution in [3.8, 4) is 0 Å². The molecule has 0 atom stereocenters. The number of hydrogen-bond acceptors (Lipinski definition) is 3. The van der Waals surface area contributed by atoms with Crippen molar-refractivity contribution in [2.45, 2.75) is 32.7 Å². The molecule has 0 fully saturated rings. The van der Waals surface area contributed by atoms with Crippen LogP contribution in [0.2, 0.25) is 0 Å². The van der Waals surface area contributed by atoms with Crippen molar-refractivity contribution < 1.29 is 13.2 Å². The molecule has 0 aliphatic heterocycles. The van der Waals surface area contributed by atoms with Gasteiger partial charge in [-0.15, -0.1) is 10.2 Å². The molecule has 0 radical (unpaired) electrons. The minimum Gasteiger partial charge on any atom is -0.352 e. The summed E-state index contributed by atoms with van der Waals surface area (Å²) in [5.74, 6) is 2.07. The second-order valence-electron chi connectivity index (χ2n) is 6.77. The number of hydrogen-bond donors (Lipinski definition) is 2. The third-order valence-corrected chi connectivity index (χ3v) is 4.60. The minimum atomic E-state index is -4.34. The normalized spacial score (nSPS) is 12.1. The van der Waals surface area contributed by atoms with Gasteiger partial charge in [-0.1, -0.05) is 42.5 Å². The van der Waals surface area contributed by atoms with Crippen LogP contribution in [-0.4, -0.2) is 20.7 Å². The number of aryl methyl sites for hydroxylation is 1. The Morgan fingerprint density at radius 1 is 0.933 bits per heavy atom. The maximum atomic E-state index is 12.7. The van der Waals surface area contributed by atoms with Crippen LogP contribution >= 0.6 is 0 Å². The quantitative estimate of drug-likeness (QED) is 0.476. The zero-order valence-electron chi connectivity index (χ0n) is 16.7. The van der Waals surface area contributed by atoms with Crippen LogP contribution in [0.25, 0.3) is 0 Å². The van der Waals surface area contributed by atoms with E-state index in [1.54, 1.807) is 0 Å². The Labute approximate surface area is 172 Å². The third kappa shape index (κ3) is 5.82. The molecule has 1 aromatic heterocycles. The van der Waals surface area contributed by atoms with E-state index >= 15 is 0 Å². The van der Waals surface area contributed by atoms with Crippen molar-refractivity contribution in [2.75, 3.05) is 0 Å². The van der Waals surface area contributed by atoms with Crippen LogP contribution in [0.15, 0.2) is 59.6 Å². The largest absolute Gasteiger partial charge is 0.416 e. The van der Waals surface area contributed by atoms with E-state index in [0.29, 0.717) is 31.2 Å². The van der Waals surface area contributed by atoms with Gasteiger partial charge in [-0.2, -0.15) is 13.2 Å². The highest BCUT2D eigenvalue weighted by atomic mass is 19.4. The summed E-state index contributed by atoms with van der Waals surface area (Å²) in [7, 11) is 1.88. The first-order chi connectivity index (χ1) is 14.3. The molecule has 6 nitrogen and oxygen atoms in total. The lowest BCUT2D eigenvalue weighted by atomic mass is 10.1. The van der Waals surface area contributed by atoms with Crippen LogP contribution < -0.4 is 10.6 Å². The topological polar surface area (TPSA) is 67.1 Å². The molecule has 0 bridgehead atoms. The molecule has 30 heavy (non-hydrogen) atoms. The van der Waals surface area contributed by atoms with Crippen molar-refractivity contribution in [3.63, 3.8) is 0 Å². The van der Waals surface area contributed by atoms with Gasteiger partial charge in [0.05, 0.1) is 18.7 Å². The molecule has 2 aromatic carbocycles. The fourth-order valence-corrected chi connectivity index (χ4v) is 2.69. The van der Waals surface area contributed by atoms with E-state index < -0.39 is 11.7 Å². The lowest BCUT2D eigenvalue weighted by Gasteiger charge is -2.13. The predicted molar refractivity (Wildman–Crippen MR) is 108 cm³/mol. The monoisotopic (exact) mass is 416 g/mol. The van der Waals surface area contributed by atoms with Crippen molar-refractivity contribution in [2.24, 2.45) is 12.0 Å². The molecule has 0 saturated carbocycles. The van der Waals surface area contributed by atoms with Crippen LogP contribution in [0.1, 0.15) is 28.3 Å². The van der Waals surface area contributed by atoms with E-state index in [9.17, 15) is 13.2 Å². The van der Waals surface area contributed by atoms with E-state index in [0.717, 1.165) is 29.3 Å². The summed E-state index contributed by atoms with van der Waals surface area (Å²) in [4.78, 5) is 4.57. The highest BCUT2D eigenvalue weighted by Crippen LogP contribution is 2.29. The standard InChI is InChI=1S/C21H23F3N6/c1-15-28-29-19(30(15)2)14-27-20(25-12-16-6-4-3-5-7-16)26-13-17-8-10-18(11-9-17)21(22,23)24/h3-11H,12-14H2,1-2H3,(H2,25,26,27). The number of benzene rings is 2. The summed E-state index contributed by atoms with van der Waals surface area (Å²) >= 11 is 0. The molecule has 0 saturated heterocycles. The Bertz CT molecular complexity index is 978. The Hall–Kier alpha value is -3.36. The highest BCUT2D eigenvalue weighted by molar-refractivity contribution is 5.79. The van der Waals surface area contributed by atoms with Gasteiger partial charge in [0.25, 0.3) is 0 Å². The summed E-state index contributed by atoms with van der Waals surface area (Å²) in [5, 5.41) is 14.5. The molecular formula is C21H23F3N6. The van der Waals surface area contributed by atoms with Crippen LogP contribution in [-0.2, 0) is 32.9 Å². The Morgan fingerprint density at radius 3 is 2.20 bits per heavy atom. The second-order valence-corrected chi connectivity index (χ2v) is 6.77. The van der Waals surface area contributed by atoms with Crippen molar-refractivity contribution in [1.82, 2.24) is 25.4 Å². The van der Waals surface area contributed by atoms with Gasteiger partial charge in [-0.25, -0.2) is 4.99 Å². The molecule has 0 aliphatic rings. The molecule has 0 unspecified atom stereocenters. The lowest BCUT2D eigenvalue weighted by molar-refractivity contribution is -0.137. The fourth-order valence-electron chi connectivity index (χ4n) is 2.69. The Balaban J connectivity index is 1.67. The van der Waals surface area contributed by atoms with Crippen LogP contribution in [0.5, 0.6) is 0 Å². The van der Waals surface area contributed by atoms with Gasteiger partial charge in [-0.3, -0.25) is 0 Å². The number of guanidine groups is 1. The molecule has 0 amide bonds. The number of alkyl halides is 3.